The van der Waals surface area contributed by atoms with Crippen molar-refractivity contribution >= 4 is 31.6 Å². The maximum atomic E-state index is 12.1. The summed E-state index contributed by atoms with van der Waals surface area (Å²) in [4.78, 5) is 26.1. The molecule has 1 saturated heterocycles. The molecule has 240 valence electrons. The van der Waals surface area contributed by atoms with Crippen LogP contribution in [-0.2, 0) is 45.2 Å². The molecule has 1 aromatic rings. The molecular weight excluding hydrogens is 600 g/mol. The molecule has 0 aromatic heterocycles. The van der Waals surface area contributed by atoms with Crippen LogP contribution in [-0.4, -0.2) is 103 Å². The summed E-state index contributed by atoms with van der Waals surface area (Å²) in [5, 5.41) is 4.02. The highest BCUT2D eigenvalue weighted by molar-refractivity contribution is 7.95. The van der Waals surface area contributed by atoms with E-state index in [0.717, 1.165) is 48.6 Å². The lowest BCUT2D eigenvalue weighted by Crippen LogP contribution is -2.46. The Morgan fingerprint density at radius 1 is 1.00 bits per heavy atom. The molecule has 1 aliphatic carbocycles. The van der Waals surface area contributed by atoms with E-state index in [1.165, 1.54) is 7.11 Å². The van der Waals surface area contributed by atoms with E-state index >= 15 is 0 Å². The van der Waals surface area contributed by atoms with E-state index in [2.05, 4.69) is 23.4 Å². The average Bonchev–Trinajstić information content (AvgIpc) is 3.43. The number of hydrogen-bond acceptors (Lipinski definition) is 11. The lowest BCUT2D eigenvalue weighted by molar-refractivity contribution is -0.145. The minimum absolute atomic E-state index is 0.0468. The minimum atomic E-state index is -3.65. The highest BCUT2D eigenvalue weighted by Gasteiger charge is 2.36. The van der Waals surface area contributed by atoms with Crippen LogP contribution in [0, 0.1) is 0 Å². The molecule has 0 spiro atoms. The van der Waals surface area contributed by atoms with Gasteiger partial charge in [-0.2, -0.15) is 0 Å². The second-order valence-electron chi connectivity index (χ2n) is 10.5. The van der Waals surface area contributed by atoms with Crippen molar-refractivity contribution in [1.82, 2.24) is 10.2 Å². The third-order valence-electron chi connectivity index (χ3n) is 7.40. The summed E-state index contributed by atoms with van der Waals surface area (Å²) < 4.78 is 69.1. The molecule has 3 rings (SSSR count). The van der Waals surface area contributed by atoms with Crippen molar-refractivity contribution in [3.8, 4) is 11.5 Å². The van der Waals surface area contributed by atoms with Crippen LogP contribution in [0.2, 0.25) is 0 Å². The topological polar surface area (TPSA) is 155 Å². The van der Waals surface area contributed by atoms with Crippen molar-refractivity contribution in [1.29, 1.82) is 0 Å². The van der Waals surface area contributed by atoms with Crippen molar-refractivity contribution in [2.45, 2.75) is 56.8 Å². The number of carbonyl (C=O) groups is 2. The number of amides is 1. The third-order valence-corrected chi connectivity index (χ3v) is 9.72. The van der Waals surface area contributed by atoms with Gasteiger partial charge in [-0.1, -0.05) is 32.1 Å². The quantitative estimate of drug-likeness (QED) is 0.195. The van der Waals surface area contributed by atoms with Crippen LogP contribution >= 0.6 is 0 Å². The Kier molecular flexibility index (Phi) is 13.0. The smallest absolute Gasteiger partial charge is 0.321 e. The molecule has 2 aliphatic rings. The van der Waals surface area contributed by atoms with Crippen LogP contribution in [0.3, 0.4) is 0 Å². The number of esters is 1. The number of sulfone groups is 2. The monoisotopic (exact) mass is 642 g/mol. The molecule has 0 radical (unpaired) electrons. The number of likely N-dealkylation sites (tertiary alicyclic amines) is 1. The number of benzene rings is 1. The lowest BCUT2D eigenvalue weighted by atomic mass is 9.91. The summed E-state index contributed by atoms with van der Waals surface area (Å²) in [6.07, 6.45) is 5.12. The van der Waals surface area contributed by atoms with Crippen molar-refractivity contribution in [3.05, 3.63) is 47.7 Å². The van der Waals surface area contributed by atoms with Gasteiger partial charge in [-0.15, -0.1) is 0 Å². The van der Waals surface area contributed by atoms with Crippen molar-refractivity contribution in [2.24, 2.45) is 0 Å². The summed E-state index contributed by atoms with van der Waals surface area (Å²) in [6, 6.07) is 5.78. The zero-order chi connectivity index (χ0) is 31.5. The first-order valence-electron chi connectivity index (χ1n) is 14.3. The summed E-state index contributed by atoms with van der Waals surface area (Å²) in [6.45, 7) is 8.49. The second kappa shape index (κ2) is 16.2. The fourth-order valence-electron chi connectivity index (χ4n) is 5.24. The summed E-state index contributed by atoms with van der Waals surface area (Å²) >= 11 is 0. The van der Waals surface area contributed by atoms with E-state index in [1.54, 1.807) is 6.07 Å². The van der Waals surface area contributed by atoms with Crippen LogP contribution < -0.4 is 14.8 Å². The van der Waals surface area contributed by atoms with Crippen LogP contribution in [0.4, 0.5) is 0 Å². The molecule has 1 amide bonds. The van der Waals surface area contributed by atoms with Gasteiger partial charge in [0.2, 0.25) is 5.91 Å². The fourth-order valence-corrected chi connectivity index (χ4v) is 6.34. The zero-order valence-electron chi connectivity index (χ0n) is 24.6. The number of nitrogens with zero attached hydrogens (tertiary/aromatic N) is 1. The lowest BCUT2D eigenvalue weighted by Gasteiger charge is -2.37. The van der Waals surface area contributed by atoms with Gasteiger partial charge in [0.15, 0.2) is 36.9 Å². The molecule has 43 heavy (non-hydrogen) atoms. The van der Waals surface area contributed by atoms with E-state index in [4.69, 9.17) is 18.9 Å². The highest BCUT2D eigenvalue weighted by Crippen LogP contribution is 2.30. The normalized spacial score (nSPS) is 21.1. The first kappa shape index (κ1) is 34.5. The van der Waals surface area contributed by atoms with Crippen LogP contribution in [0.25, 0.3) is 0 Å². The molecule has 1 N–H and O–H groups in total. The molecule has 2 fully saturated rings. The molecule has 14 heteroatoms. The van der Waals surface area contributed by atoms with Gasteiger partial charge < -0.3 is 24.3 Å². The van der Waals surface area contributed by atoms with Gasteiger partial charge in [-0.05, 0) is 43.4 Å². The Balaban J connectivity index is 1.45. The van der Waals surface area contributed by atoms with Crippen LogP contribution in [0.15, 0.2) is 42.2 Å². The first-order chi connectivity index (χ1) is 20.4. The molecule has 0 bridgehead atoms. The second-order valence-corrected chi connectivity index (χ2v) is 14.4. The third kappa shape index (κ3) is 11.2. The Bertz CT molecular complexity index is 1350. The highest BCUT2D eigenvalue weighted by atomic mass is 32.2. The van der Waals surface area contributed by atoms with E-state index in [0.29, 0.717) is 37.5 Å². The van der Waals surface area contributed by atoms with Crippen LogP contribution in [0.1, 0.15) is 37.7 Å². The Morgan fingerprint density at radius 2 is 1.72 bits per heavy atom. The molecule has 2 unspecified atom stereocenters. The number of ether oxygens (including phenoxy) is 4. The maximum absolute atomic E-state index is 12.1. The number of rotatable bonds is 17. The molecule has 1 aromatic carbocycles. The van der Waals surface area contributed by atoms with Crippen molar-refractivity contribution in [2.75, 3.05) is 51.5 Å². The van der Waals surface area contributed by atoms with Gasteiger partial charge in [-0.25, -0.2) is 16.8 Å². The number of methoxy groups -OCH3 is 1. The van der Waals surface area contributed by atoms with Gasteiger partial charge >= 0.3 is 5.97 Å². The fraction of sp³-hybridized carbons (Fsp3) is 0.586. The largest absolute Gasteiger partial charge is 0.493 e. The predicted molar refractivity (Wildman–Crippen MR) is 161 cm³/mol. The average molecular weight is 643 g/mol. The molecule has 1 saturated carbocycles. The van der Waals surface area contributed by atoms with Gasteiger partial charge in [0.25, 0.3) is 0 Å². The summed E-state index contributed by atoms with van der Waals surface area (Å²) in [5.41, 5.74) is 1.00. The van der Waals surface area contributed by atoms with E-state index in [9.17, 15) is 26.4 Å². The molecule has 3 atom stereocenters. The molecule has 12 nitrogen and oxygen atoms in total. The molecule has 1 heterocycles. The number of carbonyl (C=O) groups excluding carboxylic acids is 2. The zero-order valence-corrected chi connectivity index (χ0v) is 26.2. The summed E-state index contributed by atoms with van der Waals surface area (Å²) in [5.74, 6) is -1.69. The Hall–Kier alpha value is -2.94. The SMILES string of the molecule is C=CS(=O)(=O)CC(=O)NCCOc1ccc(CCOC2CCCCC2N2CC[C@@H](OC(=O)CS(=O)(=O)C=C)C2)cc1OC. The maximum Gasteiger partial charge on any atom is 0.321 e. The standard InChI is InChI=1S/C29H42N2O10S2/c1-4-42(34,35)20-28(32)30-14-17-40-26-11-10-22(18-27(26)38-3)13-16-39-25-9-7-6-8-24(25)31-15-12-23(19-31)41-29(33)21-43(36,37)5-2/h4-5,10-11,18,23-25H,1-2,6-9,12-17,19-21H2,3H3,(H,30,32)/t23-,24?,25?/m1/s1. The van der Waals surface area contributed by atoms with Gasteiger partial charge in [0.05, 0.1) is 26.4 Å². The van der Waals surface area contributed by atoms with Gasteiger partial charge in [0.1, 0.15) is 18.5 Å². The van der Waals surface area contributed by atoms with Gasteiger partial charge in [0, 0.05) is 29.9 Å². The number of nitrogens with one attached hydrogen (secondary N) is 1. The minimum Gasteiger partial charge on any atom is -0.493 e. The van der Waals surface area contributed by atoms with Crippen LogP contribution in [0.5, 0.6) is 11.5 Å². The van der Waals surface area contributed by atoms with E-state index < -0.39 is 43.1 Å². The number of hydrogen-bond donors (Lipinski definition) is 1. The van der Waals surface area contributed by atoms with E-state index in [-0.39, 0.29) is 31.4 Å². The van der Waals surface area contributed by atoms with Gasteiger partial charge in [-0.3, -0.25) is 14.5 Å². The Labute approximate surface area is 254 Å². The predicted octanol–water partition coefficient (Wildman–Crippen LogP) is 1.79. The first-order valence-corrected chi connectivity index (χ1v) is 17.7. The summed E-state index contributed by atoms with van der Waals surface area (Å²) in [7, 11) is -5.73. The van der Waals surface area contributed by atoms with E-state index in [1.807, 2.05) is 12.1 Å². The van der Waals surface area contributed by atoms with Crippen molar-refractivity contribution in [3.63, 3.8) is 0 Å². The molecular formula is C29H42N2O10S2. The van der Waals surface area contributed by atoms with Crippen molar-refractivity contribution < 1.29 is 45.4 Å². The molecule has 1 aliphatic heterocycles. The Morgan fingerprint density at radius 3 is 2.44 bits per heavy atom.